The molecule has 0 aromatic heterocycles. The van der Waals surface area contributed by atoms with Crippen LogP contribution in [0.1, 0.15) is 31.9 Å². The topological polar surface area (TPSA) is 57.9 Å². The van der Waals surface area contributed by atoms with Gasteiger partial charge in [0.1, 0.15) is 11.9 Å². The number of hydrogen-bond donors (Lipinski definition) is 0. The molecule has 98 valence electrons. The van der Waals surface area contributed by atoms with E-state index in [4.69, 9.17) is 5.26 Å². The lowest BCUT2D eigenvalue weighted by Gasteiger charge is -2.16. The Labute approximate surface area is 107 Å². The van der Waals surface area contributed by atoms with Gasteiger partial charge in [-0.25, -0.2) is 12.8 Å². The van der Waals surface area contributed by atoms with Gasteiger partial charge in [-0.05, 0) is 18.9 Å². The predicted molar refractivity (Wildman–Crippen MR) is 68.0 cm³/mol. The molecule has 0 fully saturated rings. The smallest absolute Gasteiger partial charge is 0.157 e. The molecule has 1 aromatic rings. The van der Waals surface area contributed by atoms with Crippen LogP contribution in [0.25, 0.3) is 0 Å². The summed E-state index contributed by atoms with van der Waals surface area (Å²) < 4.78 is 37.9. The molecule has 0 spiro atoms. The minimum absolute atomic E-state index is 0.0304. The third-order valence-electron chi connectivity index (χ3n) is 3.06. The largest absolute Gasteiger partial charge is 0.228 e. The number of rotatable bonds is 4. The van der Waals surface area contributed by atoms with E-state index >= 15 is 0 Å². The summed E-state index contributed by atoms with van der Waals surface area (Å²) in [5, 5.41) is 8.16. The number of hydrogen-bond acceptors (Lipinski definition) is 3. The molecule has 0 saturated heterocycles. The fraction of sp³-hybridized carbons (Fsp3) is 0.462. The molecular weight excluding hydrogens is 253 g/mol. The first-order valence-corrected chi connectivity index (χ1v) is 7.40. The highest BCUT2D eigenvalue weighted by molar-refractivity contribution is 7.91. The predicted octanol–water partition coefficient (Wildman–Crippen LogP) is 2.66. The summed E-state index contributed by atoms with van der Waals surface area (Å²) in [5.41, 5.74) is -0.0681. The molecule has 0 N–H and O–H groups in total. The quantitative estimate of drug-likeness (QED) is 0.844. The molecule has 0 bridgehead atoms. The molecule has 1 atom stereocenters. The van der Waals surface area contributed by atoms with Crippen molar-refractivity contribution in [2.24, 2.45) is 5.92 Å². The van der Waals surface area contributed by atoms with Gasteiger partial charge in [-0.1, -0.05) is 26.0 Å². The average Bonchev–Trinajstić information content (AvgIpc) is 2.30. The SMILES string of the molecule is CC(C)C(C)S(=O)(=O)Cc1cccc(C#N)c1F. The van der Waals surface area contributed by atoms with Gasteiger partial charge in [0.15, 0.2) is 9.84 Å². The summed E-state index contributed by atoms with van der Waals surface area (Å²) in [6.07, 6.45) is 0. The van der Waals surface area contributed by atoms with Gasteiger partial charge in [-0.3, -0.25) is 0 Å². The maximum absolute atomic E-state index is 13.8. The van der Waals surface area contributed by atoms with Crippen LogP contribution in [-0.4, -0.2) is 13.7 Å². The van der Waals surface area contributed by atoms with E-state index in [0.717, 1.165) is 0 Å². The van der Waals surface area contributed by atoms with Gasteiger partial charge in [0.05, 0.1) is 16.6 Å². The Kier molecular flexibility index (Phi) is 4.47. The zero-order valence-corrected chi connectivity index (χ0v) is 11.5. The van der Waals surface area contributed by atoms with Gasteiger partial charge in [-0.15, -0.1) is 0 Å². The number of benzene rings is 1. The van der Waals surface area contributed by atoms with Crippen LogP contribution in [0.2, 0.25) is 0 Å². The first kappa shape index (κ1) is 14.7. The van der Waals surface area contributed by atoms with Gasteiger partial charge in [0, 0.05) is 5.56 Å². The molecule has 0 saturated carbocycles. The lowest BCUT2D eigenvalue weighted by Crippen LogP contribution is -2.25. The number of halogens is 1. The maximum Gasteiger partial charge on any atom is 0.157 e. The van der Waals surface area contributed by atoms with E-state index < -0.39 is 20.9 Å². The monoisotopic (exact) mass is 269 g/mol. The molecule has 1 unspecified atom stereocenters. The molecule has 5 heteroatoms. The van der Waals surface area contributed by atoms with Crippen molar-refractivity contribution in [1.82, 2.24) is 0 Å². The van der Waals surface area contributed by atoms with Crippen LogP contribution in [-0.2, 0) is 15.6 Å². The molecule has 3 nitrogen and oxygen atoms in total. The van der Waals surface area contributed by atoms with Crippen molar-refractivity contribution in [2.45, 2.75) is 31.8 Å². The van der Waals surface area contributed by atoms with Crippen molar-refractivity contribution in [3.05, 3.63) is 35.1 Å². The first-order valence-electron chi connectivity index (χ1n) is 5.68. The van der Waals surface area contributed by atoms with Crippen molar-refractivity contribution in [3.8, 4) is 6.07 Å². The van der Waals surface area contributed by atoms with E-state index in [0.29, 0.717) is 0 Å². The van der Waals surface area contributed by atoms with Gasteiger partial charge >= 0.3 is 0 Å². The summed E-state index contributed by atoms with van der Waals surface area (Å²) in [6, 6.07) is 5.93. The van der Waals surface area contributed by atoms with Crippen LogP contribution >= 0.6 is 0 Å². The number of nitrogens with zero attached hydrogens (tertiary/aromatic N) is 1. The fourth-order valence-electron chi connectivity index (χ4n) is 1.54. The molecule has 0 heterocycles. The minimum atomic E-state index is -3.41. The van der Waals surface area contributed by atoms with E-state index in [2.05, 4.69) is 0 Å². The molecule has 18 heavy (non-hydrogen) atoms. The fourth-order valence-corrected chi connectivity index (χ4v) is 3.29. The van der Waals surface area contributed by atoms with E-state index in [1.54, 1.807) is 13.0 Å². The molecule has 1 rings (SSSR count). The second-order valence-electron chi connectivity index (χ2n) is 4.65. The van der Waals surface area contributed by atoms with Crippen molar-refractivity contribution in [2.75, 3.05) is 0 Å². The average molecular weight is 269 g/mol. The molecule has 0 aliphatic carbocycles. The van der Waals surface area contributed by atoms with Crippen molar-refractivity contribution in [1.29, 1.82) is 5.26 Å². The Morgan fingerprint density at radius 1 is 1.33 bits per heavy atom. The summed E-state index contributed by atoms with van der Waals surface area (Å²) in [4.78, 5) is 0. The summed E-state index contributed by atoms with van der Waals surface area (Å²) >= 11 is 0. The van der Waals surface area contributed by atoms with Crippen LogP contribution in [0.5, 0.6) is 0 Å². The highest BCUT2D eigenvalue weighted by Crippen LogP contribution is 2.20. The van der Waals surface area contributed by atoms with Crippen LogP contribution in [0, 0.1) is 23.1 Å². The number of nitriles is 1. The molecule has 0 aliphatic rings. The third kappa shape index (κ3) is 3.08. The highest BCUT2D eigenvalue weighted by atomic mass is 32.2. The second-order valence-corrected chi connectivity index (χ2v) is 7.00. The van der Waals surface area contributed by atoms with E-state index in [1.165, 1.54) is 18.2 Å². The Hall–Kier alpha value is -1.41. The van der Waals surface area contributed by atoms with E-state index in [1.807, 2.05) is 13.8 Å². The molecule has 1 aromatic carbocycles. The van der Waals surface area contributed by atoms with Crippen molar-refractivity contribution in [3.63, 3.8) is 0 Å². The zero-order chi connectivity index (χ0) is 13.9. The third-order valence-corrected chi connectivity index (χ3v) is 5.45. The lowest BCUT2D eigenvalue weighted by molar-refractivity contribution is 0.542. The Morgan fingerprint density at radius 3 is 2.44 bits per heavy atom. The maximum atomic E-state index is 13.8. The zero-order valence-electron chi connectivity index (χ0n) is 10.6. The van der Waals surface area contributed by atoms with Crippen molar-refractivity contribution >= 4 is 9.84 Å². The lowest BCUT2D eigenvalue weighted by atomic mass is 10.1. The minimum Gasteiger partial charge on any atom is -0.228 e. The summed E-state index contributed by atoms with van der Waals surface area (Å²) in [6.45, 7) is 5.24. The summed E-state index contributed by atoms with van der Waals surface area (Å²) in [7, 11) is -3.41. The standard InChI is InChI=1S/C13H16FNO2S/c1-9(2)10(3)18(16,17)8-12-6-4-5-11(7-15)13(12)14/h4-6,9-10H,8H2,1-3H3. The van der Waals surface area contributed by atoms with Gasteiger partial charge in [0.25, 0.3) is 0 Å². The van der Waals surface area contributed by atoms with Crippen molar-refractivity contribution < 1.29 is 12.8 Å². The first-order chi connectivity index (χ1) is 8.29. The van der Waals surface area contributed by atoms with Crippen LogP contribution < -0.4 is 0 Å². The van der Waals surface area contributed by atoms with Gasteiger partial charge < -0.3 is 0 Å². The summed E-state index contributed by atoms with van der Waals surface area (Å²) in [5.74, 6) is -1.13. The Bertz CT molecular complexity index is 573. The Balaban J connectivity index is 3.10. The van der Waals surface area contributed by atoms with Crippen LogP contribution in [0.15, 0.2) is 18.2 Å². The van der Waals surface area contributed by atoms with Gasteiger partial charge in [-0.2, -0.15) is 5.26 Å². The molecular formula is C13H16FNO2S. The second kappa shape index (κ2) is 5.49. The van der Waals surface area contributed by atoms with Crippen LogP contribution in [0.3, 0.4) is 0 Å². The molecule has 0 radical (unpaired) electrons. The van der Waals surface area contributed by atoms with Gasteiger partial charge in [0.2, 0.25) is 0 Å². The highest BCUT2D eigenvalue weighted by Gasteiger charge is 2.25. The molecule has 0 amide bonds. The van der Waals surface area contributed by atoms with Crippen LogP contribution in [0.4, 0.5) is 4.39 Å². The van der Waals surface area contributed by atoms with E-state index in [9.17, 15) is 12.8 Å². The number of sulfone groups is 1. The normalized spacial score (nSPS) is 13.3. The van der Waals surface area contributed by atoms with E-state index in [-0.39, 0.29) is 22.8 Å². The molecule has 0 aliphatic heterocycles. The Morgan fingerprint density at radius 2 is 1.94 bits per heavy atom.